The van der Waals surface area contributed by atoms with Gasteiger partial charge in [-0.2, -0.15) is 0 Å². The Morgan fingerprint density at radius 2 is 2.10 bits per heavy atom. The van der Waals surface area contributed by atoms with E-state index in [4.69, 9.17) is 22.1 Å². The van der Waals surface area contributed by atoms with Crippen molar-refractivity contribution in [2.75, 3.05) is 6.54 Å². The van der Waals surface area contributed by atoms with Crippen molar-refractivity contribution in [1.29, 1.82) is 0 Å². The molecule has 2 unspecified atom stereocenters. The SMILES string of the molecule is NCC(Cc1cccc(Cl)c1)CC1CCC2(CCCC2)O1. The molecule has 1 aromatic rings. The molecule has 1 aliphatic heterocycles. The van der Waals surface area contributed by atoms with Crippen LogP contribution in [-0.2, 0) is 11.2 Å². The molecule has 21 heavy (non-hydrogen) atoms. The minimum absolute atomic E-state index is 0.236. The van der Waals surface area contributed by atoms with Gasteiger partial charge >= 0.3 is 0 Å². The molecule has 2 nitrogen and oxygen atoms in total. The minimum Gasteiger partial charge on any atom is -0.372 e. The average molecular weight is 308 g/mol. The first-order valence-corrected chi connectivity index (χ1v) is 8.69. The zero-order valence-electron chi connectivity index (χ0n) is 12.7. The van der Waals surface area contributed by atoms with Gasteiger partial charge in [-0.3, -0.25) is 0 Å². The summed E-state index contributed by atoms with van der Waals surface area (Å²) in [5, 5.41) is 0.810. The molecule has 1 aromatic carbocycles. The van der Waals surface area contributed by atoms with Gasteiger partial charge in [-0.25, -0.2) is 0 Å². The van der Waals surface area contributed by atoms with E-state index in [0.29, 0.717) is 12.0 Å². The summed E-state index contributed by atoms with van der Waals surface area (Å²) < 4.78 is 6.42. The predicted molar refractivity (Wildman–Crippen MR) is 87.6 cm³/mol. The highest BCUT2D eigenvalue weighted by Crippen LogP contribution is 2.44. The monoisotopic (exact) mass is 307 g/mol. The molecule has 2 aliphatic rings. The van der Waals surface area contributed by atoms with Crippen LogP contribution in [0.5, 0.6) is 0 Å². The Kier molecular flexibility index (Phi) is 4.88. The quantitative estimate of drug-likeness (QED) is 0.878. The molecular formula is C18H26ClNO. The average Bonchev–Trinajstić information content (AvgIpc) is 3.09. The van der Waals surface area contributed by atoms with Crippen LogP contribution >= 0.6 is 11.6 Å². The Hall–Kier alpha value is -0.570. The second-order valence-corrected chi connectivity index (χ2v) is 7.28. The first-order chi connectivity index (χ1) is 10.2. The second-order valence-electron chi connectivity index (χ2n) is 6.84. The van der Waals surface area contributed by atoms with Crippen LogP contribution in [0.3, 0.4) is 0 Å². The number of hydrogen-bond acceptors (Lipinski definition) is 2. The van der Waals surface area contributed by atoms with E-state index in [9.17, 15) is 0 Å². The van der Waals surface area contributed by atoms with E-state index in [0.717, 1.165) is 24.4 Å². The van der Waals surface area contributed by atoms with Crippen LogP contribution < -0.4 is 5.73 Å². The van der Waals surface area contributed by atoms with Crippen LogP contribution in [0.15, 0.2) is 24.3 Å². The number of nitrogens with two attached hydrogens (primary N) is 1. The molecule has 3 rings (SSSR count). The highest BCUT2D eigenvalue weighted by Gasteiger charge is 2.42. The van der Waals surface area contributed by atoms with E-state index >= 15 is 0 Å². The third kappa shape index (κ3) is 3.80. The summed E-state index contributed by atoms with van der Waals surface area (Å²) in [5.41, 5.74) is 7.51. The van der Waals surface area contributed by atoms with E-state index in [-0.39, 0.29) is 5.60 Å². The van der Waals surface area contributed by atoms with Crippen LogP contribution in [0.25, 0.3) is 0 Å². The molecule has 1 aliphatic carbocycles. The zero-order chi connectivity index (χ0) is 14.7. The number of ether oxygens (including phenoxy) is 1. The van der Waals surface area contributed by atoms with Gasteiger partial charge in [0.1, 0.15) is 0 Å². The Balaban J connectivity index is 1.55. The van der Waals surface area contributed by atoms with Gasteiger partial charge in [0.05, 0.1) is 11.7 Å². The van der Waals surface area contributed by atoms with Gasteiger partial charge in [-0.1, -0.05) is 36.6 Å². The van der Waals surface area contributed by atoms with Crippen molar-refractivity contribution in [3.05, 3.63) is 34.9 Å². The largest absolute Gasteiger partial charge is 0.372 e. The van der Waals surface area contributed by atoms with Crippen molar-refractivity contribution < 1.29 is 4.74 Å². The van der Waals surface area contributed by atoms with E-state index < -0.39 is 0 Å². The van der Waals surface area contributed by atoms with Crippen LogP contribution in [0.4, 0.5) is 0 Å². The molecular weight excluding hydrogens is 282 g/mol. The fourth-order valence-corrected chi connectivity index (χ4v) is 4.29. The predicted octanol–water partition coefficient (Wildman–Crippen LogP) is 4.34. The van der Waals surface area contributed by atoms with Crippen LogP contribution in [0.1, 0.15) is 50.5 Å². The molecule has 116 valence electrons. The van der Waals surface area contributed by atoms with Gasteiger partial charge in [-0.05, 0) is 68.7 Å². The first kappa shape index (κ1) is 15.3. The summed E-state index contributed by atoms with van der Waals surface area (Å²) >= 11 is 6.07. The lowest BCUT2D eigenvalue weighted by molar-refractivity contribution is -0.0438. The number of halogens is 1. The summed E-state index contributed by atoms with van der Waals surface area (Å²) in [7, 11) is 0. The molecule has 0 aromatic heterocycles. The maximum absolute atomic E-state index is 6.42. The molecule has 1 saturated heterocycles. The molecule has 3 heteroatoms. The molecule has 1 spiro atoms. The molecule has 2 atom stereocenters. The molecule has 2 fully saturated rings. The maximum atomic E-state index is 6.42. The second kappa shape index (κ2) is 6.68. The molecule has 1 saturated carbocycles. The highest BCUT2D eigenvalue weighted by atomic mass is 35.5. The fraction of sp³-hybridized carbons (Fsp3) is 0.667. The lowest BCUT2D eigenvalue weighted by Crippen LogP contribution is -2.27. The summed E-state index contributed by atoms with van der Waals surface area (Å²) in [4.78, 5) is 0. The van der Waals surface area contributed by atoms with Gasteiger partial charge in [0, 0.05) is 5.02 Å². The minimum atomic E-state index is 0.236. The highest BCUT2D eigenvalue weighted by molar-refractivity contribution is 6.30. The van der Waals surface area contributed by atoms with Crippen LogP contribution in [0.2, 0.25) is 5.02 Å². The smallest absolute Gasteiger partial charge is 0.0687 e. The van der Waals surface area contributed by atoms with Crippen LogP contribution in [-0.4, -0.2) is 18.2 Å². The Morgan fingerprint density at radius 1 is 1.29 bits per heavy atom. The number of hydrogen-bond donors (Lipinski definition) is 1. The van der Waals surface area contributed by atoms with Crippen molar-refractivity contribution in [2.45, 2.75) is 63.1 Å². The Labute approximate surface area is 133 Å². The van der Waals surface area contributed by atoms with Crippen LogP contribution in [0, 0.1) is 5.92 Å². The molecule has 2 N–H and O–H groups in total. The van der Waals surface area contributed by atoms with Gasteiger partial charge < -0.3 is 10.5 Å². The normalized spacial score (nSPS) is 25.5. The van der Waals surface area contributed by atoms with Gasteiger partial charge in [0.15, 0.2) is 0 Å². The van der Waals surface area contributed by atoms with Crippen molar-refractivity contribution in [2.24, 2.45) is 11.7 Å². The third-order valence-corrected chi connectivity index (χ3v) is 5.43. The Morgan fingerprint density at radius 3 is 2.81 bits per heavy atom. The van der Waals surface area contributed by atoms with Gasteiger partial charge in [-0.15, -0.1) is 0 Å². The van der Waals surface area contributed by atoms with Crippen molar-refractivity contribution in [3.63, 3.8) is 0 Å². The molecule has 1 heterocycles. The fourth-order valence-electron chi connectivity index (χ4n) is 4.08. The molecule has 0 radical (unpaired) electrons. The van der Waals surface area contributed by atoms with E-state index in [1.54, 1.807) is 0 Å². The lowest BCUT2D eigenvalue weighted by Gasteiger charge is -2.25. The van der Waals surface area contributed by atoms with E-state index in [2.05, 4.69) is 12.1 Å². The maximum Gasteiger partial charge on any atom is 0.0687 e. The van der Waals surface area contributed by atoms with E-state index in [1.165, 1.54) is 44.1 Å². The summed E-state index contributed by atoms with van der Waals surface area (Å²) in [6.45, 7) is 0.722. The van der Waals surface area contributed by atoms with Crippen molar-refractivity contribution >= 4 is 11.6 Å². The first-order valence-electron chi connectivity index (χ1n) is 8.31. The molecule has 0 amide bonds. The Bertz CT molecular complexity index is 470. The number of benzene rings is 1. The van der Waals surface area contributed by atoms with Gasteiger partial charge in [0.25, 0.3) is 0 Å². The summed E-state index contributed by atoms with van der Waals surface area (Å²) in [6.07, 6.45) is 10.2. The van der Waals surface area contributed by atoms with Crippen molar-refractivity contribution in [1.82, 2.24) is 0 Å². The summed E-state index contributed by atoms with van der Waals surface area (Å²) in [5.74, 6) is 0.491. The lowest BCUT2D eigenvalue weighted by atomic mass is 9.92. The van der Waals surface area contributed by atoms with Crippen molar-refractivity contribution in [3.8, 4) is 0 Å². The summed E-state index contributed by atoms with van der Waals surface area (Å²) in [6, 6.07) is 8.14. The third-order valence-electron chi connectivity index (χ3n) is 5.20. The van der Waals surface area contributed by atoms with E-state index in [1.807, 2.05) is 12.1 Å². The standard InChI is InChI=1S/C18H26ClNO/c19-16-5-3-4-14(11-16)10-15(13-20)12-17-6-9-18(21-17)7-1-2-8-18/h3-5,11,15,17H,1-2,6-10,12-13,20H2. The zero-order valence-corrected chi connectivity index (χ0v) is 13.4. The topological polar surface area (TPSA) is 35.2 Å². The van der Waals surface area contributed by atoms with Gasteiger partial charge in [0.2, 0.25) is 0 Å². The molecule has 0 bridgehead atoms. The number of rotatable bonds is 5.